The van der Waals surface area contributed by atoms with Crippen molar-refractivity contribution in [3.63, 3.8) is 0 Å². The molecular weight excluding hydrogens is 384 g/mol. The molecule has 1 aliphatic heterocycles. The maximum absolute atomic E-state index is 12.5. The van der Waals surface area contributed by atoms with Gasteiger partial charge in [-0.15, -0.1) is 0 Å². The Morgan fingerprint density at radius 1 is 1.17 bits per heavy atom. The summed E-state index contributed by atoms with van der Waals surface area (Å²) in [6.07, 6.45) is 1.52. The van der Waals surface area contributed by atoms with Crippen LogP contribution >= 0.6 is 0 Å². The second-order valence-electron chi connectivity index (χ2n) is 7.45. The van der Waals surface area contributed by atoms with E-state index in [1.807, 2.05) is 37.3 Å². The Balaban J connectivity index is 1.31. The summed E-state index contributed by atoms with van der Waals surface area (Å²) >= 11 is 0. The molecule has 0 atom stereocenters. The lowest BCUT2D eigenvalue weighted by atomic mass is 9.97. The standard InChI is InChI=1S/C23H24N2O5/c1-15-7-8-19(28-2)17(13-15)23(27)29-14-21(26)25-11-9-16(10-12-25)22-24-18-5-3-4-6-20(18)30-22/h3-8,13,16H,9-12,14H2,1-2H3. The molecule has 7 heteroatoms. The van der Waals surface area contributed by atoms with Gasteiger partial charge in [0, 0.05) is 19.0 Å². The van der Waals surface area contributed by atoms with Gasteiger partial charge >= 0.3 is 5.97 Å². The Bertz CT molecular complexity index is 1030. The highest BCUT2D eigenvalue weighted by molar-refractivity contribution is 5.94. The average Bonchev–Trinajstić information content (AvgIpc) is 3.21. The van der Waals surface area contributed by atoms with Gasteiger partial charge in [0.05, 0.1) is 7.11 Å². The summed E-state index contributed by atoms with van der Waals surface area (Å²) in [6, 6.07) is 12.9. The molecular formula is C23H24N2O5. The molecule has 156 valence electrons. The summed E-state index contributed by atoms with van der Waals surface area (Å²) < 4.78 is 16.3. The number of amides is 1. The van der Waals surface area contributed by atoms with Gasteiger partial charge in [0.25, 0.3) is 5.91 Å². The minimum Gasteiger partial charge on any atom is -0.496 e. The number of piperidine rings is 1. The van der Waals surface area contributed by atoms with E-state index in [0.717, 1.165) is 35.4 Å². The number of nitrogens with zero attached hydrogens (tertiary/aromatic N) is 2. The Morgan fingerprint density at radius 2 is 1.93 bits per heavy atom. The molecule has 0 saturated carbocycles. The van der Waals surface area contributed by atoms with Crippen LogP contribution in [0.25, 0.3) is 11.1 Å². The number of oxazole rings is 1. The third-order valence-electron chi connectivity index (χ3n) is 5.41. The number of benzene rings is 2. The van der Waals surface area contributed by atoms with Crippen LogP contribution in [-0.2, 0) is 9.53 Å². The number of hydrogen-bond donors (Lipinski definition) is 0. The number of esters is 1. The van der Waals surface area contributed by atoms with Crippen molar-refractivity contribution in [1.82, 2.24) is 9.88 Å². The van der Waals surface area contributed by atoms with Gasteiger partial charge in [-0.05, 0) is 44.0 Å². The lowest BCUT2D eigenvalue weighted by molar-refractivity contribution is -0.135. The molecule has 1 amide bonds. The van der Waals surface area contributed by atoms with E-state index in [4.69, 9.17) is 13.9 Å². The number of carbonyl (C=O) groups excluding carboxylic acids is 2. The van der Waals surface area contributed by atoms with Gasteiger partial charge in [-0.3, -0.25) is 4.79 Å². The first kappa shape index (κ1) is 19.9. The Hall–Kier alpha value is -3.35. The highest BCUT2D eigenvalue weighted by Gasteiger charge is 2.27. The summed E-state index contributed by atoms with van der Waals surface area (Å²) in [7, 11) is 1.49. The summed E-state index contributed by atoms with van der Waals surface area (Å²) in [5.41, 5.74) is 2.87. The molecule has 0 N–H and O–H groups in total. The number of likely N-dealkylation sites (tertiary alicyclic amines) is 1. The first-order chi connectivity index (χ1) is 14.5. The number of rotatable bonds is 5. The van der Waals surface area contributed by atoms with Crippen molar-refractivity contribution >= 4 is 23.0 Å². The smallest absolute Gasteiger partial charge is 0.342 e. The van der Waals surface area contributed by atoms with E-state index in [1.165, 1.54) is 7.11 Å². The van der Waals surface area contributed by atoms with Crippen LogP contribution < -0.4 is 4.74 Å². The van der Waals surface area contributed by atoms with Crippen LogP contribution in [0.1, 0.15) is 40.6 Å². The zero-order chi connectivity index (χ0) is 21.1. The van der Waals surface area contributed by atoms with Crippen LogP contribution in [0.3, 0.4) is 0 Å². The molecule has 2 aromatic carbocycles. The van der Waals surface area contributed by atoms with E-state index in [0.29, 0.717) is 24.4 Å². The van der Waals surface area contributed by atoms with Crippen molar-refractivity contribution in [3.8, 4) is 5.75 Å². The zero-order valence-corrected chi connectivity index (χ0v) is 17.1. The molecule has 4 rings (SSSR count). The molecule has 3 aromatic rings. The SMILES string of the molecule is COc1ccc(C)cc1C(=O)OCC(=O)N1CCC(c2nc3ccccc3o2)CC1. The fourth-order valence-corrected chi connectivity index (χ4v) is 3.72. The van der Waals surface area contributed by atoms with Crippen molar-refractivity contribution in [2.75, 3.05) is 26.8 Å². The van der Waals surface area contributed by atoms with Gasteiger partial charge in [-0.2, -0.15) is 0 Å². The van der Waals surface area contributed by atoms with Crippen molar-refractivity contribution < 1.29 is 23.5 Å². The number of ether oxygens (including phenoxy) is 2. The molecule has 0 aliphatic carbocycles. The summed E-state index contributed by atoms with van der Waals surface area (Å²) in [6.45, 7) is 2.74. The number of hydrogen-bond acceptors (Lipinski definition) is 6. The largest absolute Gasteiger partial charge is 0.496 e. The normalized spacial score (nSPS) is 14.7. The van der Waals surface area contributed by atoms with Crippen molar-refractivity contribution in [2.24, 2.45) is 0 Å². The highest BCUT2D eigenvalue weighted by Crippen LogP contribution is 2.30. The van der Waals surface area contributed by atoms with Crippen LogP contribution in [0.4, 0.5) is 0 Å². The number of aryl methyl sites for hydroxylation is 1. The number of methoxy groups -OCH3 is 1. The van der Waals surface area contributed by atoms with Crippen molar-refractivity contribution in [3.05, 3.63) is 59.5 Å². The second-order valence-corrected chi connectivity index (χ2v) is 7.45. The van der Waals surface area contributed by atoms with Gasteiger partial charge in [-0.1, -0.05) is 23.8 Å². The summed E-state index contributed by atoms with van der Waals surface area (Å²) in [5, 5.41) is 0. The predicted octanol–water partition coefficient (Wildman–Crippen LogP) is 3.71. The van der Waals surface area contributed by atoms with Crippen LogP contribution in [0.5, 0.6) is 5.75 Å². The number of carbonyl (C=O) groups is 2. The van der Waals surface area contributed by atoms with Gasteiger partial charge in [-0.25, -0.2) is 9.78 Å². The van der Waals surface area contributed by atoms with E-state index >= 15 is 0 Å². The monoisotopic (exact) mass is 408 g/mol. The first-order valence-corrected chi connectivity index (χ1v) is 10.00. The molecule has 0 unspecified atom stereocenters. The number of aromatic nitrogens is 1. The number of para-hydroxylation sites is 2. The Morgan fingerprint density at radius 3 is 2.67 bits per heavy atom. The third kappa shape index (κ3) is 4.15. The predicted molar refractivity (Wildman–Crippen MR) is 111 cm³/mol. The highest BCUT2D eigenvalue weighted by atomic mass is 16.5. The fraction of sp³-hybridized carbons (Fsp3) is 0.348. The quantitative estimate of drug-likeness (QED) is 0.599. The number of fused-ring (bicyclic) bond motifs is 1. The lowest BCUT2D eigenvalue weighted by Crippen LogP contribution is -2.40. The molecule has 2 heterocycles. The van der Waals surface area contributed by atoms with Gasteiger partial charge < -0.3 is 18.8 Å². The van der Waals surface area contributed by atoms with Gasteiger partial charge in [0.1, 0.15) is 16.8 Å². The van der Waals surface area contributed by atoms with Crippen LogP contribution in [-0.4, -0.2) is 48.6 Å². The molecule has 0 bridgehead atoms. The van der Waals surface area contributed by atoms with Crippen LogP contribution in [0.2, 0.25) is 0 Å². The van der Waals surface area contributed by atoms with Gasteiger partial charge in [0.2, 0.25) is 0 Å². The third-order valence-corrected chi connectivity index (χ3v) is 5.41. The molecule has 0 spiro atoms. The van der Waals surface area contributed by atoms with E-state index in [2.05, 4.69) is 4.98 Å². The molecule has 1 aromatic heterocycles. The molecule has 30 heavy (non-hydrogen) atoms. The van der Waals surface area contributed by atoms with E-state index < -0.39 is 5.97 Å². The first-order valence-electron chi connectivity index (χ1n) is 10.00. The topological polar surface area (TPSA) is 81.9 Å². The minimum atomic E-state index is -0.565. The van der Waals surface area contributed by atoms with E-state index in [1.54, 1.807) is 17.0 Å². The Kier molecular flexibility index (Phi) is 5.70. The second kappa shape index (κ2) is 8.57. The van der Waals surface area contributed by atoms with E-state index in [-0.39, 0.29) is 18.4 Å². The zero-order valence-electron chi connectivity index (χ0n) is 17.1. The summed E-state index contributed by atoms with van der Waals surface area (Å²) in [4.78, 5) is 31.2. The average molecular weight is 408 g/mol. The Labute approximate surface area is 174 Å². The molecule has 7 nitrogen and oxygen atoms in total. The van der Waals surface area contributed by atoms with E-state index in [9.17, 15) is 9.59 Å². The van der Waals surface area contributed by atoms with Crippen LogP contribution in [0.15, 0.2) is 46.9 Å². The fourth-order valence-electron chi connectivity index (χ4n) is 3.72. The molecule has 0 radical (unpaired) electrons. The van der Waals surface area contributed by atoms with Gasteiger partial charge in [0.15, 0.2) is 18.1 Å². The molecule has 1 aliphatic rings. The minimum absolute atomic E-state index is 0.181. The summed E-state index contributed by atoms with van der Waals surface area (Å²) in [5.74, 6) is 0.565. The maximum Gasteiger partial charge on any atom is 0.342 e. The molecule has 1 saturated heterocycles. The lowest BCUT2D eigenvalue weighted by Gasteiger charge is -2.30. The van der Waals surface area contributed by atoms with Crippen molar-refractivity contribution in [1.29, 1.82) is 0 Å². The van der Waals surface area contributed by atoms with Crippen LogP contribution in [0, 0.1) is 6.92 Å². The van der Waals surface area contributed by atoms with Crippen molar-refractivity contribution in [2.45, 2.75) is 25.7 Å². The maximum atomic E-state index is 12.5. The molecule has 1 fully saturated rings.